The van der Waals surface area contributed by atoms with Crippen LogP contribution in [0.5, 0.6) is 5.75 Å². The number of amides is 1. The highest BCUT2D eigenvalue weighted by Crippen LogP contribution is 2.39. The van der Waals surface area contributed by atoms with Crippen LogP contribution in [0.2, 0.25) is 0 Å². The van der Waals surface area contributed by atoms with E-state index in [9.17, 15) is 9.59 Å². The molecule has 2 aromatic carbocycles. The second-order valence-electron chi connectivity index (χ2n) is 8.41. The summed E-state index contributed by atoms with van der Waals surface area (Å²) >= 11 is 0. The minimum Gasteiger partial charge on any atom is -0.490 e. The third-order valence-electron chi connectivity index (χ3n) is 5.94. The zero-order valence-corrected chi connectivity index (χ0v) is 18.9. The van der Waals surface area contributed by atoms with E-state index in [2.05, 4.69) is 13.5 Å². The fourth-order valence-electron chi connectivity index (χ4n) is 4.51. The van der Waals surface area contributed by atoms with E-state index in [1.807, 2.05) is 50.2 Å². The predicted octanol–water partition coefficient (Wildman–Crippen LogP) is 5.71. The Bertz CT molecular complexity index is 1240. The van der Waals surface area contributed by atoms with Gasteiger partial charge in [0.2, 0.25) is 5.76 Å². The van der Waals surface area contributed by atoms with Crippen LogP contribution >= 0.6 is 0 Å². The van der Waals surface area contributed by atoms with Crippen molar-refractivity contribution in [2.75, 3.05) is 13.2 Å². The van der Waals surface area contributed by atoms with E-state index >= 15 is 0 Å². The molecule has 0 fully saturated rings. The van der Waals surface area contributed by atoms with Crippen LogP contribution in [0.25, 0.3) is 11.0 Å². The van der Waals surface area contributed by atoms with Crippen LogP contribution in [0, 0.1) is 13.8 Å². The molecular formula is C27H29NO4. The van der Waals surface area contributed by atoms with Gasteiger partial charge in [0.25, 0.3) is 5.91 Å². The van der Waals surface area contributed by atoms with Crippen LogP contribution in [0.15, 0.2) is 58.3 Å². The number of benzene rings is 2. The maximum Gasteiger partial charge on any atom is 0.290 e. The summed E-state index contributed by atoms with van der Waals surface area (Å²) in [5, 5.41) is 0.522. The minimum atomic E-state index is -0.497. The Labute approximate surface area is 188 Å². The molecule has 2 heterocycles. The topological polar surface area (TPSA) is 59.8 Å². The molecule has 1 aliphatic heterocycles. The normalized spacial score (nSPS) is 15.3. The molecule has 0 N–H and O–H groups in total. The van der Waals surface area contributed by atoms with Gasteiger partial charge in [-0.3, -0.25) is 9.59 Å². The SMILES string of the molecule is C=CCOc1cccc(C2c3c(oc4c(C)cc(C)cc4c3=O)C(=O)N2CCCCC)c1. The number of rotatable bonds is 8. The van der Waals surface area contributed by atoms with Crippen molar-refractivity contribution in [3.8, 4) is 5.75 Å². The maximum absolute atomic E-state index is 13.7. The lowest BCUT2D eigenvalue weighted by atomic mass is 9.97. The van der Waals surface area contributed by atoms with Crippen LogP contribution in [0.3, 0.4) is 0 Å². The highest BCUT2D eigenvalue weighted by atomic mass is 16.5. The highest BCUT2D eigenvalue weighted by molar-refractivity contribution is 5.99. The first-order valence-electron chi connectivity index (χ1n) is 11.2. The van der Waals surface area contributed by atoms with Crippen molar-refractivity contribution >= 4 is 16.9 Å². The molecule has 0 saturated carbocycles. The minimum absolute atomic E-state index is 0.137. The van der Waals surface area contributed by atoms with Gasteiger partial charge in [-0.05, 0) is 55.2 Å². The van der Waals surface area contributed by atoms with Crippen LogP contribution in [-0.2, 0) is 0 Å². The molecule has 1 amide bonds. The molecule has 1 aliphatic rings. The average molecular weight is 432 g/mol. The second-order valence-corrected chi connectivity index (χ2v) is 8.41. The van der Waals surface area contributed by atoms with E-state index < -0.39 is 6.04 Å². The van der Waals surface area contributed by atoms with Crippen LogP contribution in [0.4, 0.5) is 0 Å². The van der Waals surface area contributed by atoms with Gasteiger partial charge in [-0.15, -0.1) is 0 Å². The predicted molar refractivity (Wildman–Crippen MR) is 126 cm³/mol. The number of unbranched alkanes of at least 4 members (excludes halogenated alkanes) is 2. The lowest BCUT2D eigenvalue weighted by molar-refractivity contribution is 0.0724. The fraction of sp³-hybridized carbons (Fsp3) is 0.333. The van der Waals surface area contributed by atoms with Crippen LogP contribution < -0.4 is 10.2 Å². The molecule has 5 nitrogen and oxygen atoms in total. The molecule has 0 spiro atoms. The third-order valence-corrected chi connectivity index (χ3v) is 5.94. The molecule has 3 aromatic rings. The zero-order valence-electron chi connectivity index (χ0n) is 18.9. The second kappa shape index (κ2) is 9.03. The lowest BCUT2D eigenvalue weighted by Gasteiger charge is -2.25. The van der Waals surface area contributed by atoms with E-state index in [1.165, 1.54) is 0 Å². The Morgan fingerprint density at radius 3 is 2.72 bits per heavy atom. The Morgan fingerprint density at radius 1 is 1.16 bits per heavy atom. The van der Waals surface area contributed by atoms with Gasteiger partial charge in [0.15, 0.2) is 5.43 Å². The number of aryl methyl sites for hydroxylation is 2. The van der Waals surface area contributed by atoms with E-state index in [0.717, 1.165) is 36.0 Å². The lowest BCUT2D eigenvalue weighted by Crippen LogP contribution is -2.30. The monoisotopic (exact) mass is 431 g/mol. The number of nitrogens with zero attached hydrogens (tertiary/aromatic N) is 1. The zero-order chi connectivity index (χ0) is 22.8. The van der Waals surface area contributed by atoms with E-state index in [4.69, 9.17) is 9.15 Å². The molecule has 0 saturated heterocycles. The summed E-state index contributed by atoms with van der Waals surface area (Å²) in [6.07, 6.45) is 4.61. The molecule has 1 aromatic heterocycles. The summed E-state index contributed by atoms with van der Waals surface area (Å²) in [7, 11) is 0. The third kappa shape index (κ3) is 3.83. The van der Waals surface area contributed by atoms with Crippen molar-refractivity contribution in [3.63, 3.8) is 0 Å². The molecule has 1 unspecified atom stereocenters. The summed E-state index contributed by atoms with van der Waals surface area (Å²) < 4.78 is 11.8. The summed E-state index contributed by atoms with van der Waals surface area (Å²) in [6.45, 7) is 10.6. The van der Waals surface area contributed by atoms with Gasteiger partial charge in [0, 0.05) is 6.54 Å². The van der Waals surface area contributed by atoms with E-state index in [1.54, 1.807) is 11.0 Å². The van der Waals surface area contributed by atoms with Gasteiger partial charge in [0.05, 0.1) is 17.0 Å². The quantitative estimate of drug-likeness (QED) is 0.339. The van der Waals surface area contributed by atoms with Crippen LogP contribution in [0.1, 0.15) is 65.0 Å². The Kier molecular flexibility index (Phi) is 6.17. The Hall–Kier alpha value is -3.34. The largest absolute Gasteiger partial charge is 0.490 e. The molecule has 0 radical (unpaired) electrons. The van der Waals surface area contributed by atoms with Crippen molar-refractivity contribution < 1.29 is 13.9 Å². The smallest absolute Gasteiger partial charge is 0.290 e. The van der Waals surface area contributed by atoms with E-state index in [0.29, 0.717) is 35.4 Å². The number of fused-ring (bicyclic) bond motifs is 2. The molecule has 4 rings (SSSR count). The summed E-state index contributed by atoms with van der Waals surface area (Å²) in [4.78, 5) is 28.9. The molecule has 32 heavy (non-hydrogen) atoms. The number of hydrogen-bond donors (Lipinski definition) is 0. The van der Waals surface area contributed by atoms with Gasteiger partial charge in [-0.25, -0.2) is 0 Å². The number of carbonyl (C=O) groups is 1. The first-order chi connectivity index (χ1) is 15.5. The van der Waals surface area contributed by atoms with Gasteiger partial charge in [-0.2, -0.15) is 0 Å². The molecule has 0 bridgehead atoms. The fourth-order valence-corrected chi connectivity index (χ4v) is 4.51. The van der Waals surface area contributed by atoms with Crippen molar-refractivity contribution in [2.45, 2.75) is 46.1 Å². The molecular weight excluding hydrogens is 402 g/mol. The first kappa shape index (κ1) is 21.9. The van der Waals surface area contributed by atoms with Gasteiger partial charge >= 0.3 is 0 Å². The number of ether oxygens (including phenoxy) is 1. The first-order valence-corrected chi connectivity index (χ1v) is 11.2. The standard InChI is InChI=1S/C27H29NO4/c1-5-7-8-12-28-23(19-10-9-11-20(16-19)31-13-6-2)22-24(29)21-15-17(3)14-18(4)25(21)32-26(22)27(28)30/h6,9-11,14-16,23H,2,5,7-8,12-13H2,1,3-4H3. The van der Waals surface area contributed by atoms with Crippen molar-refractivity contribution in [3.05, 3.63) is 87.3 Å². The Morgan fingerprint density at radius 2 is 1.97 bits per heavy atom. The maximum atomic E-state index is 13.7. The van der Waals surface area contributed by atoms with Gasteiger partial charge < -0.3 is 14.1 Å². The van der Waals surface area contributed by atoms with Gasteiger partial charge in [-0.1, -0.05) is 50.6 Å². The van der Waals surface area contributed by atoms with Crippen molar-refractivity contribution in [2.24, 2.45) is 0 Å². The van der Waals surface area contributed by atoms with Gasteiger partial charge in [0.1, 0.15) is 17.9 Å². The molecule has 5 heteroatoms. The number of carbonyl (C=O) groups excluding carboxylic acids is 1. The summed E-state index contributed by atoms with van der Waals surface area (Å²) in [6, 6.07) is 10.9. The van der Waals surface area contributed by atoms with Crippen molar-refractivity contribution in [1.29, 1.82) is 0 Å². The van der Waals surface area contributed by atoms with E-state index in [-0.39, 0.29) is 17.1 Å². The summed E-state index contributed by atoms with van der Waals surface area (Å²) in [5.41, 5.74) is 3.46. The highest BCUT2D eigenvalue weighted by Gasteiger charge is 2.42. The van der Waals surface area contributed by atoms with Crippen molar-refractivity contribution in [1.82, 2.24) is 4.90 Å². The molecule has 0 aliphatic carbocycles. The molecule has 166 valence electrons. The van der Waals surface area contributed by atoms with Crippen LogP contribution in [-0.4, -0.2) is 24.0 Å². The summed E-state index contributed by atoms with van der Waals surface area (Å²) in [5.74, 6) is 0.611. The Balaban J connectivity index is 1.91. The average Bonchev–Trinajstić information content (AvgIpc) is 3.06. The molecule has 1 atom stereocenters. The number of hydrogen-bond acceptors (Lipinski definition) is 4.